The maximum Gasteiger partial charge on any atom is 0.166 e. The fourth-order valence-electron chi connectivity index (χ4n) is 2.98. The summed E-state index contributed by atoms with van der Waals surface area (Å²) < 4.78 is 24.9. The highest BCUT2D eigenvalue weighted by molar-refractivity contribution is 6.30. The number of rotatable bonds is 10. The monoisotopic (exact) mass is 413 g/mol. The molecule has 3 nitrogen and oxygen atoms in total. The van der Waals surface area contributed by atoms with Crippen LogP contribution in [0.3, 0.4) is 0 Å². The van der Waals surface area contributed by atoms with E-state index in [2.05, 4.69) is 5.32 Å². The summed E-state index contributed by atoms with van der Waals surface area (Å²) in [6.45, 7) is 4.39. The highest BCUT2D eigenvalue weighted by Crippen LogP contribution is 2.32. The highest BCUT2D eigenvalue weighted by atomic mass is 35.5. The fraction of sp³-hybridized carbons (Fsp3) is 0.250. The average Bonchev–Trinajstić information content (AvgIpc) is 2.73. The zero-order valence-electron chi connectivity index (χ0n) is 16.5. The Kier molecular flexibility index (Phi) is 7.91. The summed E-state index contributed by atoms with van der Waals surface area (Å²) in [6.07, 6.45) is 0.826. The van der Waals surface area contributed by atoms with E-state index in [-0.39, 0.29) is 5.82 Å². The summed E-state index contributed by atoms with van der Waals surface area (Å²) in [7, 11) is 0. The summed E-state index contributed by atoms with van der Waals surface area (Å²) >= 11 is 5.96. The van der Waals surface area contributed by atoms with Crippen molar-refractivity contribution in [3.05, 3.63) is 94.3 Å². The Bertz CT molecular complexity index is 898. The zero-order chi connectivity index (χ0) is 20.5. The number of para-hydroxylation sites is 1. The minimum atomic E-state index is -0.211. The van der Waals surface area contributed by atoms with Crippen LogP contribution in [0.2, 0.25) is 5.02 Å². The Morgan fingerprint density at radius 1 is 0.897 bits per heavy atom. The fourth-order valence-corrected chi connectivity index (χ4v) is 3.10. The molecule has 0 aliphatic carbocycles. The van der Waals surface area contributed by atoms with Crippen molar-refractivity contribution in [1.82, 2.24) is 5.32 Å². The molecule has 29 heavy (non-hydrogen) atoms. The van der Waals surface area contributed by atoms with E-state index >= 15 is 0 Å². The number of nitrogens with one attached hydrogen (secondary N) is 1. The molecule has 0 aliphatic heterocycles. The summed E-state index contributed by atoms with van der Waals surface area (Å²) in [6, 6.07) is 20.1. The van der Waals surface area contributed by atoms with Crippen molar-refractivity contribution < 1.29 is 13.9 Å². The van der Waals surface area contributed by atoms with Crippen molar-refractivity contribution in [3.63, 3.8) is 0 Å². The van der Waals surface area contributed by atoms with Crippen LogP contribution >= 0.6 is 11.6 Å². The van der Waals surface area contributed by atoms with Gasteiger partial charge < -0.3 is 14.8 Å². The molecule has 0 fully saturated rings. The predicted molar refractivity (Wildman–Crippen MR) is 115 cm³/mol. The van der Waals surface area contributed by atoms with Gasteiger partial charge in [0.1, 0.15) is 12.4 Å². The van der Waals surface area contributed by atoms with Gasteiger partial charge >= 0.3 is 0 Å². The third-order valence-electron chi connectivity index (χ3n) is 4.48. The maximum absolute atomic E-state index is 13.0. The lowest BCUT2D eigenvalue weighted by atomic mass is 10.1. The molecule has 5 heteroatoms. The summed E-state index contributed by atoms with van der Waals surface area (Å²) in [5.74, 6) is 1.27. The van der Waals surface area contributed by atoms with Crippen LogP contribution in [0, 0.1) is 5.82 Å². The Hall–Kier alpha value is -2.56. The molecule has 0 saturated heterocycles. The second-order valence-electron chi connectivity index (χ2n) is 6.65. The third-order valence-corrected chi connectivity index (χ3v) is 4.73. The largest absolute Gasteiger partial charge is 0.490 e. The van der Waals surface area contributed by atoms with Crippen LogP contribution < -0.4 is 14.8 Å². The van der Waals surface area contributed by atoms with Gasteiger partial charge in [0.2, 0.25) is 0 Å². The smallest absolute Gasteiger partial charge is 0.166 e. The molecule has 3 rings (SSSR count). The molecule has 0 atom stereocenters. The summed E-state index contributed by atoms with van der Waals surface area (Å²) in [4.78, 5) is 0. The quantitative estimate of drug-likeness (QED) is 0.427. The van der Waals surface area contributed by atoms with Crippen molar-refractivity contribution in [2.75, 3.05) is 13.2 Å². The summed E-state index contributed by atoms with van der Waals surface area (Å²) in [5, 5.41) is 4.14. The molecule has 3 aromatic rings. The standard InChI is InChI=1S/C24H25ClFNO2/c1-2-28-23-5-3-4-20(16-27-15-14-18-8-12-22(26)13-9-18)24(23)29-17-19-6-10-21(25)11-7-19/h3-13,27H,2,14-17H2,1H3. The number of hydrogen-bond donors (Lipinski definition) is 1. The van der Waals surface area contributed by atoms with Gasteiger partial charge in [-0.15, -0.1) is 0 Å². The zero-order valence-corrected chi connectivity index (χ0v) is 17.2. The van der Waals surface area contributed by atoms with Crippen molar-refractivity contribution in [2.24, 2.45) is 0 Å². The van der Waals surface area contributed by atoms with Crippen LogP contribution in [0.1, 0.15) is 23.6 Å². The number of hydrogen-bond acceptors (Lipinski definition) is 3. The summed E-state index contributed by atoms with van der Waals surface area (Å²) in [5.41, 5.74) is 3.17. The van der Waals surface area contributed by atoms with Gasteiger partial charge in [0.15, 0.2) is 11.5 Å². The Morgan fingerprint density at radius 3 is 2.34 bits per heavy atom. The Labute approximate surface area is 176 Å². The molecule has 0 radical (unpaired) electrons. The first-order valence-electron chi connectivity index (χ1n) is 9.73. The minimum Gasteiger partial charge on any atom is -0.490 e. The number of benzene rings is 3. The van der Waals surface area contributed by atoms with Crippen LogP contribution in [0.4, 0.5) is 4.39 Å². The van der Waals surface area contributed by atoms with Crippen LogP contribution in [-0.2, 0) is 19.6 Å². The minimum absolute atomic E-state index is 0.211. The lowest BCUT2D eigenvalue weighted by molar-refractivity contribution is 0.266. The second kappa shape index (κ2) is 10.8. The molecule has 0 unspecified atom stereocenters. The van der Waals surface area contributed by atoms with Crippen molar-refractivity contribution >= 4 is 11.6 Å². The molecule has 0 amide bonds. The molecule has 0 heterocycles. The molecule has 0 saturated carbocycles. The van der Waals surface area contributed by atoms with E-state index < -0.39 is 0 Å². The molecule has 1 N–H and O–H groups in total. The SMILES string of the molecule is CCOc1cccc(CNCCc2ccc(F)cc2)c1OCc1ccc(Cl)cc1. The van der Waals surface area contributed by atoms with E-state index in [1.807, 2.05) is 61.5 Å². The first-order valence-corrected chi connectivity index (χ1v) is 10.1. The molecular weight excluding hydrogens is 389 g/mol. The van der Waals surface area contributed by atoms with Crippen LogP contribution in [-0.4, -0.2) is 13.2 Å². The first kappa shape index (κ1) is 21.2. The van der Waals surface area contributed by atoms with Crippen LogP contribution in [0.25, 0.3) is 0 Å². The molecular formula is C24H25ClFNO2. The Morgan fingerprint density at radius 2 is 1.62 bits per heavy atom. The van der Waals surface area contributed by atoms with Gasteiger partial charge in [0, 0.05) is 17.1 Å². The lowest BCUT2D eigenvalue weighted by Gasteiger charge is -2.16. The number of halogens is 2. The van der Waals surface area contributed by atoms with Crippen molar-refractivity contribution in [2.45, 2.75) is 26.5 Å². The average molecular weight is 414 g/mol. The highest BCUT2D eigenvalue weighted by Gasteiger charge is 2.11. The number of ether oxygens (including phenoxy) is 2. The van der Waals surface area contributed by atoms with E-state index in [1.165, 1.54) is 12.1 Å². The maximum atomic E-state index is 13.0. The van der Waals surface area contributed by atoms with E-state index in [1.54, 1.807) is 0 Å². The van der Waals surface area contributed by atoms with Crippen molar-refractivity contribution in [1.29, 1.82) is 0 Å². The van der Waals surface area contributed by atoms with Gasteiger partial charge in [-0.25, -0.2) is 4.39 Å². The molecule has 0 bridgehead atoms. The predicted octanol–water partition coefficient (Wildman–Crippen LogP) is 5.79. The van der Waals surface area contributed by atoms with Gasteiger partial charge in [-0.05, 0) is 61.3 Å². The van der Waals surface area contributed by atoms with Gasteiger partial charge in [0.25, 0.3) is 0 Å². The van der Waals surface area contributed by atoms with Crippen LogP contribution in [0.5, 0.6) is 11.5 Å². The first-order chi connectivity index (χ1) is 14.2. The molecule has 3 aromatic carbocycles. The van der Waals surface area contributed by atoms with E-state index in [9.17, 15) is 4.39 Å². The van der Waals surface area contributed by atoms with Gasteiger partial charge in [-0.1, -0.05) is 48.0 Å². The molecule has 152 valence electrons. The lowest BCUT2D eigenvalue weighted by Crippen LogP contribution is -2.17. The molecule has 0 aliphatic rings. The normalized spacial score (nSPS) is 10.7. The topological polar surface area (TPSA) is 30.5 Å². The van der Waals surface area contributed by atoms with Crippen molar-refractivity contribution in [3.8, 4) is 11.5 Å². The van der Waals surface area contributed by atoms with Gasteiger partial charge in [-0.2, -0.15) is 0 Å². The van der Waals surface area contributed by atoms with Crippen LogP contribution in [0.15, 0.2) is 66.7 Å². The van der Waals surface area contributed by atoms with E-state index in [0.717, 1.165) is 41.2 Å². The molecule has 0 aromatic heterocycles. The third kappa shape index (κ3) is 6.48. The Balaban J connectivity index is 1.62. The second-order valence-corrected chi connectivity index (χ2v) is 7.08. The van der Waals surface area contributed by atoms with Gasteiger partial charge in [-0.3, -0.25) is 0 Å². The van der Waals surface area contributed by atoms with E-state index in [0.29, 0.717) is 24.8 Å². The molecule has 0 spiro atoms. The van der Waals surface area contributed by atoms with E-state index in [4.69, 9.17) is 21.1 Å². The van der Waals surface area contributed by atoms with Gasteiger partial charge in [0.05, 0.1) is 6.61 Å².